The first kappa shape index (κ1) is 10.7. The molecule has 1 saturated heterocycles. The van der Waals surface area contributed by atoms with Crippen LogP contribution in [0.2, 0.25) is 0 Å². The van der Waals surface area contributed by atoms with Crippen LogP contribution in [0.1, 0.15) is 27.9 Å². The minimum Gasteiger partial charge on any atom is -0.312 e. The second kappa shape index (κ2) is 4.47. The largest absolute Gasteiger partial charge is 0.312 e. The summed E-state index contributed by atoms with van der Waals surface area (Å²) in [5.74, 6) is -0.0177. The van der Waals surface area contributed by atoms with Crippen LogP contribution in [-0.2, 0) is 17.8 Å². The van der Waals surface area contributed by atoms with Gasteiger partial charge in [-0.05, 0) is 42.6 Å². The smallest absolute Gasteiger partial charge is 0.277 e. The summed E-state index contributed by atoms with van der Waals surface area (Å²) in [5, 5.41) is 4.79. The summed E-state index contributed by atoms with van der Waals surface area (Å²) in [6.07, 6.45) is 1.97. The molecule has 90 valence electrons. The highest BCUT2D eigenvalue weighted by molar-refractivity contribution is 5.93. The molecule has 0 bridgehead atoms. The average Bonchev–Trinajstić information content (AvgIpc) is 2.91. The number of hydroxylamine groups is 2. The number of nitrogens with zero attached hydrogens (tertiary/aromatic N) is 1. The zero-order chi connectivity index (χ0) is 11.7. The number of nitrogens with one attached hydrogen (secondary N) is 1. The topological polar surface area (TPSA) is 41.6 Å². The number of carbonyl (C=O) groups excluding carboxylic acids is 1. The quantitative estimate of drug-likeness (QED) is 0.788. The Labute approximate surface area is 101 Å². The maximum Gasteiger partial charge on any atom is 0.277 e. The Bertz CT molecular complexity index is 439. The van der Waals surface area contributed by atoms with Crippen molar-refractivity contribution in [1.29, 1.82) is 0 Å². The highest BCUT2D eigenvalue weighted by Gasteiger charge is 2.21. The number of carbonyl (C=O) groups is 1. The van der Waals surface area contributed by atoms with Gasteiger partial charge in [-0.2, -0.15) is 0 Å². The van der Waals surface area contributed by atoms with Gasteiger partial charge in [-0.3, -0.25) is 9.63 Å². The molecule has 1 aromatic carbocycles. The van der Waals surface area contributed by atoms with Crippen LogP contribution >= 0.6 is 0 Å². The van der Waals surface area contributed by atoms with Crippen molar-refractivity contribution in [3.05, 3.63) is 34.9 Å². The molecule has 0 unspecified atom stereocenters. The van der Waals surface area contributed by atoms with E-state index in [-0.39, 0.29) is 5.91 Å². The number of fused-ring (bicyclic) bond motifs is 1. The van der Waals surface area contributed by atoms with Crippen molar-refractivity contribution in [3.63, 3.8) is 0 Å². The first-order valence-corrected chi connectivity index (χ1v) is 6.12. The number of amides is 1. The van der Waals surface area contributed by atoms with Crippen LogP contribution in [0.3, 0.4) is 0 Å². The Morgan fingerprint density at radius 2 is 2.29 bits per heavy atom. The van der Waals surface area contributed by atoms with E-state index >= 15 is 0 Å². The maximum atomic E-state index is 12.1. The van der Waals surface area contributed by atoms with Crippen molar-refractivity contribution in [2.24, 2.45) is 0 Å². The SMILES string of the molecule is O=C(c1ccc2c(c1)CNCC2)N1CCCO1. The van der Waals surface area contributed by atoms with E-state index in [9.17, 15) is 4.79 Å². The Morgan fingerprint density at radius 3 is 3.12 bits per heavy atom. The summed E-state index contributed by atoms with van der Waals surface area (Å²) in [6, 6.07) is 5.97. The molecule has 2 aliphatic rings. The van der Waals surface area contributed by atoms with Gasteiger partial charge in [-0.1, -0.05) is 6.07 Å². The van der Waals surface area contributed by atoms with Crippen molar-refractivity contribution >= 4 is 5.91 Å². The normalized spacial score (nSPS) is 19.2. The molecule has 4 nitrogen and oxygen atoms in total. The third-order valence-corrected chi connectivity index (χ3v) is 3.32. The Balaban J connectivity index is 1.85. The van der Waals surface area contributed by atoms with Crippen LogP contribution in [0.5, 0.6) is 0 Å². The van der Waals surface area contributed by atoms with Gasteiger partial charge in [0.05, 0.1) is 13.2 Å². The average molecular weight is 232 g/mol. The maximum absolute atomic E-state index is 12.1. The van der Waals surface area contributed by atoms with Crippen LogP contribution in [0.4, 0.5) is 0 Å². The van der Waals surface area contributed by atoms with Gasteiger partial charge in [0, 0.05) is 12.1 Å². The van der Waals surface area contributed by atoms with Gasteiger partial charge < -0.3 is 5.32 Å². The summed E-state index contributed by atoms with van der Waals surface area (Å²) in [5.41, 5.74) is 3.32. The van der Waals surface area contributed by atoms with Gasteiger partial charge in [0.1, 0.15) is 0 Å². The molecule has 0 radical (unpaired) electrons. The lowest BCUT2D eigenvalue weighted by atomic mass is 9.98. The molecule has 0 aromatic heterocycles. The van der Waals surface area contributed by atoms with E-state index in [4.69, 9.17) is 4.84 Å². The first-order chi connectivity index (χ1) is 8.34. The molecule has 1 N–H and O–H groups in total. The molecular weight excluding hydrogens is 216 g/mol. The highest BCUT2D eigenvalue weighted by Crippen LogP contribution is 2.18. The third-order valence-electron chi connectivity index (χ3n) is 3.32. The summed E-state index contributed by atoms with van der Waals surface area (Å²) >= 11 is 0. The predicted molar refractivity (Wildman–Crippen MR) is 63.5 cm³/mol. The fraction of sp³-hybridized carbons (Fsp3) is 0.462. The molecule has 0 atom stereocenters. The molecule has 2 heterocycles. The third kappa shape index (κ3) is 2.06. The van der Waals surface area contributed by atoms with Gasteiger partial charge in [-0.15, -0.1) is 0 Å². The Hall–Kier alpha value is -1.39. The van der Waals surface area contributed by atoms with Crippen molar-refractivity contribution in [1.82, 2.24) is 10.4 Å². The van der Waals surface area contributed by atoms with Crippen molar-refractivity contribution < 1.29 is 9.63 Å². The molecule has 2 aliphatic heterocycles. The summed E-state index contributed by atoms with van der Waals surface area (Å²) in [7, 11) is 0. The van der Waals surface area contributed by atoms with Gasteiger partial charge in [0.15, 0.2) is 0 Å². The van der Waals surface area contributed by atoms with Crippen LogP contribution in [-0.4, -0.2) is 30.7 Å². The second-order valence-corrected chi connectivity index (χ2v) is 4.50. The molecule has 17 heavy (non-hydrogen) atoms. The molecular formula is C13H16N2O2. The first-order valence-electron chi connectivity index (χ1n) is 6.12. The van der Waals surface area contributed by atoms with Crippen molar-refractivity contribution in [2.75, 3.05) is 19.7 Å². The fourth-order valence-electron chi connectivity index (χ4n) is 2.37. The van der Waals surface area contributed by atoms with Crippen molar-refractivity contribution in [2.45, 2.75) is 19.4 Å². The van der Waals surface area contributed by atoms with Gasteiger partial charge >= 0.3 is 0 Å². The van der Waals surface area contributed by atoms with E-state index in [2.05, 4.69) is 11.4 Å². The Kier molecular flexibility index (Phi) is 2.82. The molecule has 0 saturated carbocycles. The lowest BCUT2D eigenvalue weighted by Gasteiger charge is -2.19. The highest BCUT2D eigenvalue weighted by atomic mass is 16.7. The van der Waals surface area contributed by atoms with Gasteiger partial charge in [-0.25, -0.2) is 5.06 Å². The van der Waals surface area contributed by atoms with E-state index < -0.39 is 0 Å². The van der Waals surface area contributed by atoms with Gasteiger partial charge in [0.25, 0.3) is 5.91 Å². The van der Waals surface area contributed by atoms with E-state index in [0.29, 0.717) is 13.2 Å². The Morgan fingerprint density at radius 1 is 1.35 bits per heavy atom. The number of benzene rings is 1. The molecule has 0 aliphatic carbocycles. The van der Waals surface area contributed by atoms with Gasteiger partial charge in [0.2, 0.25) is 0 Å². The standard InChI is InChI=1S/C13H16N2O2/c16-13(15-6-1-7-17-15)11-3-2-10-4-5-14-9-12(10)8-11/h2-3,8,14H,1,4-7,9H2. The number of hydrogen-bond donors (Lipinski definition) is 1. The summed E-state index contributed by atoms with van der Waals surface area (Å²) in [6.45, 7) is 3.24. The lowest BCUT2D eigenvalue weighted by molar-refractivity contribution is -0.0768. The summed E-state index contributed by atoms with van der Waals surface area (Å²) in [4.78, 5) is 17.4. The van der Waals surface area contributed by atoms with Crippen LogP contribution in [0.15, 0.2) is 18.2 Å². The van der Waals surface area contributed by atoms with Crippen LogP contribution in [0, 0.1) is 0 Å². The van der Waals surface area contributed by atoms with E-state index in [1.165, 1.54) is 16.2 Å². The minimum absolute atomic E-state index is 0.0177. The molecule has 1 aromatic rings. The second-order valence-electron chi connectivity index (χ2n) is 4.50. The zero-order valence-corrected chi connectivity index (χ0v) is 9.74. The molecule has 3 rings (SSSR count). The molecule has 1 fully saturated rings. The number of rotatable bonds is 1. The van der Waals surface area contributed by atoms with E-state index in [1.807, 2.05) is 12.1 Å². The van der Waals surface area contributed by atoms with Crippen LogP contribution in [0.25, 0.3) is 0 Å². The predicted octanol–water partition coefficient (Wildman–Crippen LogP) is 1.11. The van der Waals surface area contributed by atoms with Crippen molar-refractivity contribution in [3.8, 4) is 0 Å². The molecule has 4 heteroatoms. The number of hydrogen-bond acceptors (Lipinski definition) is 3. The monoisotopic (exact) mass is 232 g/mol. The minimum atomic E-state index is -0.0177. The zero-order valence-electron chi connectivity index (χ0n) is 9.74. The van der Waals surface area contributed by atoms with Crippen LogP contribution < -0.4 is 5.32 Å². The summed E-state index contributed by atoms with van der Waals surface area (Å²) < 4.78 is 0. The lowest BCUT2D eigenvalue weighted by Crippen LogP contribution is -2.28. The molecule has 1 amide bonds. The van der Waals surface area contributed by atoms with E-state index in [0.717, 1.165) is 31.5 Å². The fourth-order valence-corrected chi connectivity index (χ4v) is 2.37. The van der Waals surface area contributed by atoms with E-state index in [1.54, 1.807) is 0 Å². The molecule has 0 spiro atoms.